The van der Waals surface area contributed by atoms with Gasteiger partial charge in [0.2, 0.25) is 5.91 Å². The largest absolute Gasteiger partial charge is 0.493 e. The molecule has 1 saturated carbocycles. The number of halogens is 1. The number of rotatable bonds is 6. The SMILES string of the molecule is O=C(CCOc1ccccc1)NC1(CBr)CC1. The van der Waals surface area contributed by atoms with Gasteiger partial charge in [0.25, 0.3) is 0 Å². The third-order valence-corrected chi connectivity index (χ3v) is 3.93. The molecule has 17 heavy (non-hydrogen) atoms. The molecule has 0 aromatic heterocycles. The van der Waals surface area contributed by atoms with Crippen LogP contribution in [0.2, 0.25) is 0 Å². The number of hydrogen-bond donors (Lipinski definition) is 1. The van der Waals surface area contributed by atoms with Gasteiger partial charge in [-0.1, -0.05) is 34.1 Å². The van der Waals surface area contributed by atoms with Crippen LogP contribution < -0.4 is 10.1 Å². The first kappa shape index (κ1) is 12.4. The summed E-state index contributed by atoms with van der Waals surface area (Å²) in [5.74, 6) is 0.875. The average molecular weight is 298 g/mol. The van der Waals surface area contributed by atoms with E-state index >= 15 is 0 Å². The molecular weight excluding hydrogens is 282 g/mol. The smallest absolute Gasteiger partial charge is 0.223 e. The van der Waals surface area contributed by atoms with Gasteiger partial charge < -0.3 is 10.1 Å². The highest BCUT2D eigenvalue weighted by atomic mass is 79.9. The van der Waals surface area contributed by atoms with Gasteiger partial charge in [-0.25, -0.2) is 0 Å². The highest BCUT2D eigenvalue weighted by Gasteiger charge is 2.42. The predicted molar refractivity (Wildman–Crippen MR) is 70.5 cm³/mol. The molecule has 0 bridgehead atoms. The Labute approximate surface area is 110 Å². The molecule has 92 valence electrons. The zero-order valence-corrected chi connectivity index (χ0v) is 11.2. The lowest BCUT2D eigenvalue weighted by Gasteiger charge is -2.14. The standard InChI is InChI=1S/C13H16BrNO2/c14-10-13(7-8-13)15-12(16)6-9-17-11-4-2-1-3-5-11/h1-5H,6-10H2,(H,15,16). The Morgan fingerprint density at radius 1 is 1.35 bits per heavy atom. The Balaban J connectivity index is 1.67. The molecule has 1 amide bonds. The topological polar surface area (TPSA) is 38.3 Å². The van der Waals surface area contributed by atoms with Crippen molar-refractivity contribution in [3.63, 3.8) is 0 Å². The van der Waals surface area contributed by atoms with E-state index in [1.807, 2.05) is 30.3 Å². The fourth-order valence-electron chi connectivity index (χ4n) is 1.58. The molecule has 1 aliphatic rings. The first-order valence-corrected chi connectivity index (χ1v) is 6.91. The van der Waals surface area contributed by atoms with Gasteiger partial charge in [-0.2, -0.15) is 0 Å². The van der Waals surface area contributed by atoms with E-state index in [0.717, 1.165) is 23.9 Å². The molecule has 0 aliphatic heterocycles. The average Bonchev–Trinajstić information content (AvgIpc) is 3.11. The summed E-state index contributed by atoms with van der Waals surface area (Å²) in [6, 6.07) is 9.54. The van der Waals surface area contributed by atoms with Crippen molar-refractivity contribution in [1.29, 1.82) is 0 Å². The molecule has 0 atom stereocenters. The summed E-state index contributed by atoms with van der Waals surface area (Å²) >= 11 is 3.42. The van der Waals surface area contributed by atoms with E-state index in [9.17, 15) is 4.79 Å². The van der Waals surface area contributed by atoms with E-state index in [1.165, 1.54) is 0 Å². The van der Waals surface area contributed by atoms with Crippen LogP contribution in [0.25, 0.3) is 0 Å². The Morgan fingerprint density at radius 3 is 2.65 bits per heavy atom. The fraction of sp³-hybridized carbons (Fsp3) is 0.462. The summed E-state index contributed by atoms with van der Waals surface area (Å²) in [5.41, 5.74) is 0.0316. The van der Waals surface area contributed by atoms with Gasteiger partial charge in [-0.15, -0.1) is 0 Å². The molecule has 4 heteroatoms. The number of carbonyl (C=O) groups is 1. The zero-order valence-electron chi connectivity index (χ0n) is 9.62. The van der Waals surface area contributed by atoms with Crippen molar-refractivity contribution in [2.45, 2.75) is 24.8 Å². The van der Waals surface area contributed by atoms with Gasteiger partial charge in [0.15, 0.2) is 0 Å². The van der Waals surface area contributed by atoms with Crippen molar-refractivity contribution in [2.24, 2.45) is 0 Å². The molecule has 0 spiro atoms. The van der Waals surface area contributed by atoms with Crippen molar-refractivity contribution in [1.82, 2.24) is 5.32 Å². The number of para-hydroxylation sites is 1. The summed E-state index contributed by atoms with van der Waals surface area (Å²) in [6.45, 7) is 0.425. The van der Waals surface area contributed by atoms with Crippen LogP contribution in [0.4, 0.5) is 0 Å². The maximum absolute atomic E-state index is 11.6. The second kappa shape index (κ2) is 5.54. The van der Waals surface area contributed by atoms with Crippen LogP contribution in [0, 0.1) is 0 Å². The van der Waals surface area contributed by atoms with Crippen molar-refractivity contribution in [2.75, 3.05) is 11.9 Å². The molecular formula is C13H16BrNO2. The van der Waals surface area contributed by atoms with Gasteiger partial charge in [0.05, 0.1) is 13.0 Å². The molecule has 1 aliphatic carbocycles. The molecule has 0 radical (unpaired) electrons. The number of nitrogens with one attached hydrogen (secondary N) is 1. The number of amides is 1. The zero-order chi connectivity index (χ0) is 12.1. The maximum Gasteiger partial charge on any atom is 0.223 e. The van der Waals surface area contributed by atoms with Crippen LogP contribution in [-0.2, 0) is 4.79 Å². The maximum atomic E-state index is 11.6. The monoisotopic (exact) mass is 297 g/mol. The number of carbonyl (C=O) groups excluding carboxylic acids is 1. The number of alkyl halides is 1. The molecule has 0 heterocycles. The Hall–Kier alpha value is -1.03. The number of benzene rings is 1. The van der Waals surface area contributed by atoms with Crippen LogP contribution >= 0.6 is 15.9 Å². The summed E-state index contributed by atoms with van der Waals surface area (Å²) in [7, 11) is 0. The lowest BCUT2D eigenvalue weighted by atomic mass is 10.3. The van der Waals surface area contributed by atoms with Gasteiger partial charge in [-0.3, -0.25) is 4.79 Å². The third-order valence-electron chi connectivity index (χ3n) is 2.85. The van der Waals surface area contributed by atoms with E-state index in [-0.39, 0.29) is 11.4 Å². The lowest BCUT2D eigenvalue weighted by molar-refractivity contribution is -0.122. The Kier molecular flexibility index (Phi) is 4.05. The molecule has 1 fully saturated rings. The van der Waals surface area contributed by atoms with Gasteiger partial charge >= 0.3 is 0 Å². The second-order valence-corrected chi connectivity index (χ2v) is 4.93. The molecule has 1 aromatic rings. The van der Waals surface area contributed by atoms with E-state index in [0.29, 0.717) is 13.0 Å². The highest BCUT2D eigenvalue weighted by molar-refractivity contribution is 9.09. The van der Waals surface area contributed by atoms with E-state index < -0.39 is 0 Å². The number of hydrogen-bond acceptors (Lipinski definition) is 2. The molecule has 1 N–H and O–H groups in total. The third kappa shape index (κ3) is 3.73. The minimum absolute atomic E-state index is 0.0316. The lowest BCUT2D eigenvalue weighted by Crippen LogP contribution is -2.38. The Bertz CT molecular complexity index is 376. The summed E-state index contributed by atoms with van der Waals surface area (Å²) in [4.78, 5) is 11.6. The van der Waals surface area contributed by atoms with Crippen molar-refractivity contribution in [3.05, 3.63) is 30.3 Å². The van der Waals surface area contributed by atoms with Crippen LogP contribution in [0.3, 0.4) is 0 Å². The normalized spacial score (nSPS) is 16.3. The summed E-state index contributed by atoms with van der Waals surface area (Å²) in [6.07, 6.45) is 2.55. The van der Waals surface area contributed by atoms with Gasteiger partial charge in [-0.05, 0) is 25.0 Å². The molecule has 1 aromatic carbocycles. The minimum Gasteiger partial charge on any atom is -0.493 e. The van der Waals surface area contributed by atoms with E-state index in [4.69, 9.17) is 4.74 Å². The van der Waals surface area contributed by atoms with E-state index in [2.05, 4.69) is 21.2 Å². The fourth-order valence-corrected chi connectivity index (χ4v) is 2.28. The predicted octanol–water partition coefficient (Wildman–Crippen LogP) is 2.50. The van der Waals surface area contributed by atoms with Crippen LogP contribution in [0.1, 0.15) is 19.3 Å². The van der Waals surface area contributed by atoms with Gasteiger partial charge in [0, 0.05) is 10.9 Å². The molecule has 3 nitrogen and oxygen atoms in total. The molecule has 0 saturated heterocycles. The summed E-state index contributed by atoms with van der Waals surface area (Å²) < 4.78 is 5.47. The first-order chi connectivity index (χ1) is 8.24. The van der Waals surface area contributed by atoms with Crippen molar-refractivity contribution >= 4 is 21.8 Å². The second-order valence-electron chi connectivity index (χ2n) is 4.37. The van der Waals surface area contributed by atoms with Gasteiger partial charge in [0.1, 0.15) is 5.75 Å². The highest BCUT2D eigenvalue weighted by Crippen LogP contribution is 2.36. The number of ether oxygens (including phenoxy) is 1. The molecule has 0 unspecified atom stereocenters. The summed E-state index contributed by atoms with van der Waals surface area (Å²) in [5, 5.41) is 3.88. The van der Waals surface area contributed by atoms with Crippen LogP contribution in [-0.4, -0.2) is 23.4 Å². The molecule has 2 rings (SSSR count). The van der Waals surface area contributed by atoms with E-state index in [1.54, 1.807) is 0 Å². The van der Waals surface area contributed by atoms with Crippen LogP contribution in [0.5, 0.6) is 5.75 Å². The van der Waals surface area contributed by atoms with Crippen LogP contribution in [0.15, 0.2) is 30.3 Å². The van der Waals surface area contributed by atoms with Crippen molar-refractivity contribution in [3.8, 4) is 5.75 Å². The minimum atomic E-state index is 0.0316. The first-order valence-electron chi connectivity index (χ1n) is 5.79. The quantitative estimate of drug-likeness (QED) is 0.820. The van der Waals surface area contributed by atoms with Crippen molar-refractivity contribution < 1.29 is 9.53 Å². The Morgan fingerprint density at radius 2 is 2.06 bits per heavy atom.